The molecule has 2 N–H and O–H groups in total. The van der Waals surface area contributed by atoms with E-state index in [1.807, 2.05) is 54.6 Å². The Morgan fingerprint density at radius 3 is 2.17 bits per heavy atom. The lowest BCUT2D eigenvalue weighted by Gasteiger charge is -2.15. The molecule has 0 aliphatic heterocycles. The summed E-state index contributed by atoms with van der Waals surface area (Å²) in [6.07, 6.45) is 0. The highest BCUT2D eigenvalue weighted by Crippen LogP contribution is 2.40. The quantitative estimate of drug-likeness (QED) is 0.616. The number of hydrogen-bond donors (Lipinski definition) is 2. The van der Waals surface area contributed by atoms with Crippen molar-refractivity contribution in [2.45, 2.75) is 6.92 Å². The maximum atomic E-state index is 11.3. The standard InChI is InChI=1S/C22H23N3O4/c1-14(26)23-16-8-5-7-15(11-16)18-9-6-10-21(25-18)24-17-12-19(27-2)22(29-4)20(13-17)28-3/h5-13H,1-4H3,(H,23,26)(H,24,25). The molecule has 0 spiro atoms. The molecular weight excluding hydrogens is 370 g/mol. The highest BCUT2D eigenvalue weighted by molar-refractivity contribution is 5.89. The van der Waals surface area contributed by atoms with Gasteiger partial charge >= 0.3 is 0 Å². The second-order valence-corrected chi connectivity index (χ2v) is 6.21. The minimum Gasteiger partial charge on any atom is -0.493 e. The molecule has 150 valence electrons. The van der Waals surface area contributed by atoms with E-state index in [0.717, 1.165) is 22.6 Å². The first-order valence-corrected chi connectivity index (χ1v) is 8.96. The Balaban J connectivity index is 1.90. The first-order chi connectivity index (χ1) is 14.0. The summed E-state index contributed by atoms with van der Waals surface area (Å²) in [7, 11) is 4.71. The van der Waals surface area contributed by atoms with Crippen molar-refractivity contribution in [3.8, 4) is 28.5 Å². The van der Waals surface area contributed by atoms with Gasteiger partial charge in [0, 0.05) is 36.0 Å². The highest BCUT2D eigenvalue weighted by Gasteiger charge is 2.13. The fourth-order valence-corrected chi connectivity index (χ4v) is 2.93. The van der Waals surface area contributed by atoms with E-state index in [0.29, 0.717) is 23.1 Å². The minimum absolute atomic E-state index is 0.118. The zero-order valence-electron chi connectivity index (χ0n) is 16.8. The molecule has 0 unspecified atom stereocenters. The summed E-state index contributed by atoms with van der Waals surface area (Å²) in [5, 5.41) is 6.05. The van der Waals surface area contributed by atoms with E-state index in [4.69, 9.17) is 14.2 Å². The van der Waals surface area contributed by atoms with Crippen LogP contribution in [0.25, 0.3) is 11.3 Å². The number of hydrogen-bond acceptors (Lipinski definition) is 6. The number of methoxy groups -OCH3 is 3. The molecule has 29 heavy (non-hydrogen) atoms. The number of carbonyl (C=O) groups excluding carboxylic acids is 1. The second-order valence-electron chi connectivity index (χ2n) is 6.21. The summed E-state index contributed by atoms with van der Waals surface area (Å²) < 4.78 is 16.1. The van der Waals surface area contributed by atoms with Crippen LogP contribution in [0, 0.1) is 0 Å². The summed E-state index contributed by atoms with van der Waals surface area (Å²) in [4.78, 5) is 16.0. The second kappa shape index (κ2) is 8.97. The van der Waals surface area contributed by atoms with E-state index in [9.17, 15) is 4.79 Å². The summed E-state index contributed by atoms with van der Waals surface area (Å²) >= 11 is 0. The third kappa shape index (κ3) is 4.76. The van der Waals surface area contributed by atoms with Gasteiger partial charge in [-0.15, -0.1) is 0 Å². The van der Waals surface area contributed by atoms with Crippen LogP contribution in [0.3, 0.4) is 0 Å². The Hall–Kier alpha value is -3.74. The van der Waals surface area contributed by atoms with Crippen LogP contribution in [0.4, 0.5) is 17.2 Å². The maximum Gasteiger partial charge on any atom is 0.221 e. The smallest absolute Gasteiger partial charge is 0.221 e. The van der Waals surface area contributed by atoms with Crippen LogP contribution in [0.1, 0.15) is 6.92 Å². The van der Waals surface area contributed by atoms with Crippen LogP contribution in [0.2, 0.25) is 0 Å². The number of anilines is 3. The van der Waals surface area contributed by atoms with Gasteiger partial charge in [0.15, 0.2) is 11.5 Å². The molecule has 0 radical (unpaired) electrons. The van der Waals surface area contributed by atoms with Gasteiger partial charge in [0.1, 0.15) is 5.82 Å². The van der Waals surface area contributed by atoms with Gasteiger partial charge in [-0.25, -0.2) is 4.98 Å². The fraction of sp³-hybridized carbons (Fsp3) is 0.182. The molecule has 1 heterocycles. The average Bonchev–Trinajstić information content (AvgIpc) is 2.73. The highest BCUT2D eigenvalue weighted by atomic mass is 16.5. The van der Waals surface area contributed by atoms with Crippen molar-refractivity contribution in [3.63, 3.8) is 0 Å². The van der Waals surface area contributed by atoms with Crippen LogP contribution in [0.15, 0.2) is 54.6 Å². The van der Waals surface area contributed by atoms with Crippen LogP contribution in [-0.4, -0.2) is 32.2 Å². The molecule has 0 bridgehead atoms. The lowest BCUT2D eigenvalue weighted by atomic mass is 10.1. The van der Waals surface area contributed by atoms with Gasteiger partial charge in [0.2, 0.25) is 11.7 Å². The SMILES string of the molecule is COc1cc(Nc2cccc(-c3cccc(NC(C)=O)c3)n2)cc(OC)c1OC. The number of carbonyl (C=O) groups is 1. The zero-order chi connectivity index (χ0) is 20.8. The molecule has 7 nitrogen and oxygen atoms in total. The number of nitrogens with one attached hydrogen (secondary N) is 2. The van der Waals surface area contributed by atoms with Crippen LogP contribution >= 0.6 is 0 Å². The van der Waals surface area contributed by atoms with Crippen molar-refractivity contribution in [1.29, 1.82) is 0 Å². The summed E-state index contributed by atoms with van der Waals surface area (Å²) in [6.45, 7) is 1.48. The molecule has 3 aromatic rings. The van der Waals surface area contributed by atoms with Crippen molar-refractivity contribution in [3.05, 3.63) is 54.6 Å². The first kappa shape index (κ1) is 20.0. The number of nitrogens with zero attached hydrogens (tertiary/aromatic N) is 1. The van der Waals surface area contributed by atoms with E-state index < -0.39 is 0 Å². The van der Waals surface area contributed by atoms with Crippen molar-refractivity contribution in [2.24, 2.45) is 0 Å². The molecule has 0 saturated heterocycles. The van der Waals surface area contributed by atoms with Gasteiger partial charge in [0.05, 0.1) is 27.0 Å². The molecule has 0 aliphatic rings. The van der Waals surface area contributed by atoms with E-state index in [1.165, 1.54) is 6.92 Å². The van der Waals surface area contributed by atoms with Gasteiger partial charge < -0.3 is 24.8 Å². The topological polar surface area (TPSA) is 81.7 Å². The van der Waals surface area contributed by atoms with Crippen LogP contribution < -0.4 is 24.8 Å². The van der Waals surface area contributed by atoms with E-state index in [-0.39, 0.29) is 5.91 Å². The summed E-state index contributed by atoms with van der Waals surface area (Å²) in [5.41, 5.74) is 3.13. The average molecular weight is 393 g/mol. The van der Waals surface area contributed by atoms with Crippen molar-refractivity contribution >= 4 is 23.1 Å². The van der Waals surface area contributed by atoms with Crippen LogP contribution in [-0.2, 0) is 4.79 Å². The van der Waals surface area contributed by atoms with E-state index in [2.05, 4.69) is 15.6 Å². The predicted molar refractivity (Wildman–Crippen MR) is 113 cm³/mol. The normalized spacial score (nSPS) is 10.2. The van der Waals surface area contributed by atoms with Gasteiger partial charge in [-0.2, -0.15) is 0 Å². The monoisotopic (exact) mass is 393 g/mol. The Morgan fingerprint density at radius 1 is 0.862 bits per heavy atom. The van der Waals surface area contributed by atoms with Gasteiger partial charge in [-0.3, -0.25) is 4.79 Å². The Bertz CT molecular complexity index is 995. The predicted octanol–water partition coefficient (Wildman–Crippen LogP) is 4.48. The third-order valence-electron chi connectivity index (χ3n) is 4.16. The molecule has 0 saturated carbocycles. The van der Waals surface area contributed by atoms with Crippen LogP contribution in [0.5, 0.6) is 17.2 Å². The molecule has 2 aromatic carbocycles. The molecule has 7 heteroatoms. The largest absolute Gasteiger partial charge is 0.493 e. The van der Waals surface area contributed by atoms with Crippen molar-refractivity contribution < 1.29 is 19.0 Å². The number of ether oxygens (including phenoxy) is 3. The van der Waals surface area contributed by atoms with E-state index in [1.54, 1.807) is 21.3 Å². The van der Waals surface area contributed by atoms with Crippen molar-refractivity contribution in [2.75, 3.05) is 32.0 Å². The minimum atomic E-state index is -0.118. The number of amides is 1. The fourth-order valence-electron chi connectivity index (χ4n) is 2.93. The summed E-state index contributed by atoms with van der Waals surface area (Å²) in [5.74, 6) is 2.16. The molecular formula is C22H23N3O4. The number of rotatable bonds is 7. The molecule has 1 amide bonds. The summed E-state index contributed by atoms with van der Waals surface area (Å²) in [6, 6.07) is 16.8. The lowest BCUT2D eigenvalue weighted by molar-refractivity contribution is -0.114. The number of pyridine rings is 1. The lowest BCUT2D eigenvalue weighted by Crippen LogP contribution is -2.05. The van der Waals surface area contributed by atoms with Crippen molar-refractivity contribution in [1.82, 2.24) is 4.98 Å². The van der Waals surface area contributed by atoms with Gasteiger partial charge in [-0.05, 0) is 24.3 Å². The Morgan fingerprint density at radius 2 is 1.55 bits per heavy atom. The number of benzene rings is 2. The molecule has 1 aromatic heterocycles. The zero-order valence-corrected chi connectivity index (χ0v) is 16.8. The molecule has 0 fully saturated rings. The van der Waals surface area contributed by atoms with Gasteiger partial charge in [0.25, 0.3) is 0 Å². The third-order valence-corrected chi connectivity index (χ3v) is 4.16. The van der Waals surface area contributed by atoms with E-state index >= 15 is 0 Å². The number of aromatic nitrogens is 1. The molecule has 0 aliphatic carbocycles. The molecule has 3 rings (SSSR count). The molecule has 0 atom stereocenters. The van der Waals surface area contributed by atoms with Gasteiger partial charge in [-0.1, -0.05) is 18.2 Å². The Kier molecular flexibility index (Phi) is 6.19. The maximum absolute atomic E-state index is 11.3. The first-order valence-electron chi connectivity index (χ1n) is 8.96. The Labute approximate surface area is 169 Å².